The van der Waals surface area contributed by atoms with E-state index in [1.54, 1.807) is 73.7 Å². The highest BCUT2D eigenvalue weighted by molar-refractivity contribution is 9.10. The smallest absolute Gasteiger partial charge is 0.264 e. The van der Waals surface area contributed by atoms with Crippen molar-refractivity contribution in [3.63, 3.8) is 0 Å². The van der Waals surface area contributed by atoms with Crippen LogP contribution in [0.2, 0.25) is 5.02 Å². The highest BCUT2D eigenvalue weighted by Gasteiger charge is 2.32. The lowest BCUT2D eigenvalue weighted by Gasteiger charge is -2.32. The highest BCUT2D eigenvalue weighted by atomic mass is 79.9. The van der Waals surface area contributed by atoms with Crippen molar-refractivity contribution in [2.75, 3.05) is 17.9 Å². The van der Waals surface area contributed by atoms with E-state index in [-0.39, 0.29) is 17.3 Å². The van der Waals surface area contributed by atoms with Gasteiger partial charge >= 0.3 is 0 Å². The van der Waals surface area contributed by atoms with Crippen molar-refractivity contribution in [2.24, 2.45) is 0 Å². The summed E-state index contributed by atoms with van der Waals surface area (Å²) in [5.74, 6) is -0.939. The minimum absolute atomic E-state index is 0.0325. The van der Waals surface area contributed by atoms with Crippen molar-refractivity contribution >= 4 is 55.1 Å². The summed E-state index contributed by atoms with van der Waals surface area (Å²) in [7, 11) is -2.62. The second-order valence-corrected chi connectivity index (χ2v) is 10.9. The van der Waals surface area contributed by atoms with Crippen LogP contribution in [0.3, 0.4) is 0 Å². The molecule has 3 aromatic carbocycles. The lowest BCUT2D eigenvalue weighted by Crippen LogP contribution is -2.50. The summed E-state index contributed by atoms with van der Waals surface area (Å²) < 4.78 is 28.9. The van der Waals surface area contributed by atoms with Crippen LogP contribution < -0.4 is 9.62 Å². The number of carbonyl (C=O) groups excluding carboxylic acids is 2. The van der Waals surface area contributed by atoms with Crippen molar-refractivity contribution in [1.29, 1.82) is 0 Å². The number of amides is 2. The number of nitrogens with one attached hydrogen (secondary N) is 1. The van der Waals surface area contributed by atoms with Crippen LogP contribution in [0, 0.1) is 0 Å². The van der Waals surface area contributed by atoms with E-state index >= 15 is 0 Å². The van der Waals surface area contributed by atoms with Crippen molar-refractivity contribution in [3.8, 4) is 0 Å². The van der Waals surface area contributed by atoms with E-state index in [9.17, 15) is 18.0 Å². The van der Waals surface area contributed by atoms with E-state index in [4.69, 9.17) is 11.6 Å². The molecular formula is C25H25BrClN3O4S. The molecule has 3 aromatic rings. The van der Waals surface area contributed by atoms with E-state index in [0.717, 1.165) is 4.31 Å². The lowest BCUT2D eigenvalue weighted by atomic mass is 10.1. The second-order valence-electron chi connectivity index (χ2n) is 7.71. The summed E-state index contributed by atoms with van der Waals surface area (Å²) in [5.41, 5.74) is 0.944. The molecular weight excluding hydrogens is 554 g/mol. The predicted octanol–water partition coefficient (Wildman–Crippen LogP) is 4.46. The van der Waals surface area contributed by atoms with Gasteiger partial charge in [-0.3, -0.25) is 13.9 Å². The molecule has 0 saturated carbocycles. The first-order valence-corrected chi connectivity index (χ1v) is 13.3. The molecule has 10 heteroatoms. The van der Waals surface area contributed by atoms with Crippen molar-refractivity contribution in [1.82, 2.24) is 10.2 Å². The van der Waals surface area contributed by atoms with Gasteiger partial charge in [-0.1, -0.05) is 70.0 Å². The normalized spacial score (nSPS) is 12.0. The zero-order chi connectivity index (χ0) is 25.6. The van der Waals surface area contributed by atoms with Crippen LogP contribution >= 0.6 is 27.5 Å². The monoisotopic (exact) mass is 577 g/mol. The standard InChI is InChI=1S/C25H25BrClN3O4S/c1-18(25(32)28-2)29(16-19-9-6-7-14-23(19)27)24(31)17-30(21-11-8-10-20(26)15-21)35(33,34)22-12-4-3-5-13-22/h3-15,18H,16-17H2,1-2H3,(H,28,32). The Hall–Kier alpha value is -2.88. The van der Waals surface area contributed by atoms with Crippen LogP contribution in [0.4, 0.5) is 5.69 Å². The molecule has 184 valence electrons. The van der Waals surface area contributed by atoms with Crippen LogP contribution in [-0.2, 0) is 26.2 Å². The molecule has 0 fully saturated rings. The van der Waals surface area contributed by atoms with E-state index in [0.29, 0.717) is 20.7 Å². The van der Waals surface area contributed by atoms with Crippen molar-refractivity contribution in [3.05, 3.63) is 93.9 Å². The fraction of sp³-hybridized carbons (Fsp3) is 0.200. The lowest BCUT2D eigenvalue weighted by molar-refractivity contribution is -0.139. The number of sulfonamides is 1. The molecule has 0 aromatic heterocycles. The Morgan fingerprint density at radius 3 is 2.29 bits per heavy atom. The molecule has 0 aliphatic carbocycles. The molecule has 0 radical (unpaired) electrons. The van der Waals surface area contributed by atoms with Gasteiger partial charge in [0.05, 0.1) is 10.6 Å². The Morgan fingerprint density at radius 2 is 1.66 bits per heavy atom. The number of nitrogens with zero attached hydrogens (tertiary/aromatic N) is 2. The summed E-state index contributed by atoms with van der Waals surface area (Å²) in [5, 5.41) is 2.99. The first-order valence-electron chi connectivity index (χ1n) is 10.7. The molecule has 1 atom stereocenters. The van der Waals surface area contributed by atoms with Crippen LogP contribution in [0.25, 0.3) is 0 Å². The fourth-order valence-corrected chi connectivity index (χ4v) is 5.49. The van der Waals surface area contributed by atoms with Gasteiger partial charge in [-0.25, -0.2) is 8.42 Å². The molecule has 0 saturated heterocycles. The SMILES string of the molecule is CNC(=O)C(C)N(Cc1ccccc1Cl)C(=O)CN(c1cccc(Br)c1)S(=O)(=O)c1ccccc1. The summed E-state index contributed by atoms with van der Waals surface area (Å²) in [6.07, 6.45) is 0. The van der Waals surface area contributed by atoms with E-state index in [2.05, 4.69) is 21.2 Å². The second kappa shape index (κ2) is 11.7. The van der Waals surface area contributed by atoms with Crippen LogP contribution in [0.1, 0.15) is 12.5 Å². The van der Waals surface area contributed by atoms with E-state index < -0.39 is 28.5 Å². The molecule has 0 aliphatic heterocycles. The molecule has 7 nitrogen and oxygen atoms in total. The Balaban J connectivity index is 2.04. The molecule has 3 rings (SSSR count). The number of likely N-dealkylation sites (N-methyl/N-ethyl adjacent to an activating group) is 1. The Kier molecular flexibility index (Phi) is 8.93. The van der Waals surface area contributed by atoms with Gasteiger partial charge in [0.1, 0.15) is 12.6 Å². The average molecular weight is 579 g/mol. The van der Waals surface area contributed by atoms with E-state index in [1.165, 1.54) is 24.1 Å². The molecule has 35 heavy (non-hydrogen) atoms. The first kappa shape index (κ1) is 26.7. The predicted molar refractivity (Wildman–Crippen MR) is 141 cm³/mol. The average Bonchev–Trinajstić information content (AvgIpc) is 2.86. The zero-order valence-corrected chi connectivity index (χ0v) is 22.3. The summed E-state index contributed by atoms with van der Waals surface area (Å²) in [6, 6.07) is 20.7. The summed E-state index contributed by atoms with van der Waals surface area (Å²) >= 11 is 9.68. The van der Waals surface area contributed by atoms with E-state index in [1.807, 2.05) is 0 Å². The van der Waals surface area contributed by atoms with Gasteiger partial charge in [-0.05, 0) is 48.9 Å². The Bertz CT molecular complexity index is 1300. The number of hydrogen-bond acceptors (Lipinski definition) is 4. The number of benzene rings is 3. The number of halogens is 2. The maximum absolute atomic E-state index is 13.7. The quantitative estimate of drug-likeness (QED) is 0.406. The summed E-state index contributed by atoms with van der Waals surface area (Å²) in [6.45, 7) is 1.10. The number of rotatable bonds is 9. The first-order chi connectivity index (χ1) is 16.6. The van der Waals surface area contributed by atoms with Gasteiger partial charge < -0.3 is 10.2 Å². The Morgan fingerprint density at radius 1 is 1.00 bits per heavy atom. The maximum atomic E-state index is 13.7. The maximum Gasteiger partial charge on any atom is 0.264 e. The van der Waals surface area contributed by atoms with Gasteiger partial charge in [-0.2, -0.15) is 0 Å². The number of anilines is 1. The Labute approximate surface area is 218 Å². The number of hydrogen-bond donors (Lipinski definition) is 1. The van der Waals surface area contributed by atoms with Crippen LogP contribution in [-0.4, -0.2) is 44.8 Å². The van der Waals surface area contributed by atoms with Crippen LogP contribution in [0.5, 0.6) is 0 Å². The van der Waals surface area contributed by atoms with Gasteiger partial charge in [0.2, 0.25) is 11.8 Å². The summed E-state index contributed by atoms with van der Waals surface area (Å²) in [4.78, 5) is 27.5. The van der Waals surface area contributed by atoms with Gasteiger partial charge in [0.25, 0.3) is 10.0 Å². The van der Waals surface area contributed by atoms with Gasteiger partial charge in [0, 0.05) is 23.1 Å². The van der Waals surface area contributed by atoms with Crippen molar-refractivity contribution in [2.45, 2.75) is 24.4 Å². The van der Waals surface area contributed by atoms with Crippen LogP contribution in [0.15, 0.2) is 88.2 Å². The molecule has 0 bridgehead atoms. The molecule has 0 aliphatic rings. The third-order valence-corrected chi connectivity index (χ3v) is 8.07. The number of carbonyl (C=O) groups is 2. The third kappa shape index (κ3) is 6.42. The largest absolute Gasteiger partial charge is 0.357 e. The fourth-order valence-electron chi connectivity index (χ4n) is 3.48. The van der Waals surface area contributed by atoms with Crippen molar-refractivity contribution < 1.29 is 18.0 Å². The topological polar surface area (TPSA) is 86.8 Å². The minimum Gasteiger partial charge on any atom is -0.357 e. The van der Waals surface area contributed by atoms with Gasteiger partial charge in [0.15, 0.2) is 0 Å². The zero-order valence-electron chi connectivity index (χ0n) is 19.2. The molecule has 1 N–H and O–H groups in total. The van der Waals surface area contributed by atoms with Gasteiger partial charge in [-0.15, -0.1) is 0 Å². The molecule has 1 unspecified atom stereocenters. The molecule has 0 spiro atoms. The molecule has 0 heterocycles. The minimum atomic E-state index is -4.09. The molecule has 2 amide bonds. The third-order valence-electron chi connectivity index (χ3n) is 5.42. The highest BCUT2D eigenvalue weighted by Crippen LogP contribution is 2.27.